The maximum absolute atomic E-state index is 12.9. The van der Waals surface area contributed by atoms with E-state index >= 15 is 0 Å². The molecule has 0 bridgehead atoms. The first-order valence-electron chi connectivity index (χ1n) is 8.75. The molecule has 27 heavy (non-hydrogen) atoms. The topological polar surface area (TPSA) is 80.8 Å². The fourth-order valence-electron chi connectivity index (χ4n) is 3.08. The van der Waals surface area contributed by atoms with Gasteiger partial charge in [0.1, 0.15) is 0 Å². The third-order valence-electron chi connectivity index (χ3n) is 4.68. The molecule has 1 heterocycles. The number of rotatable bonds is 6. The minimum absolute atomic E-state index is 0.0686. The van der Waals surface area contributed by atoms with Gasteiger partial charge in [-0.25, -0.2) is 8.42 Å². The van der Waals surface area contributed by atoms with Gasteiger partial charge in [-0.2, -0.15) is 12.7 Å². The van der Waals surface area contributed by atoms with E-state index in [2.05, 4.69) is 0 Å². The molecule has 2 aromatic rings. The molecule has 1 saturated heterocycles. The van der Waals surface area contributed by atoms with Crippen LogP contribution in [-0.2, 0) is 24.3 Å². The monoisotopic (exact) mass is 409 g/mol. The van der Waals surface area contributed by atoms with Crippen LogP contribution in [0.4, 0.5) is 0 Å². The molecule has 1 atom stereocenters. The van der Waals surface area contributed by atoms with E-state index in [-0.39, 0.29) is 16.4 Å². The van der Waals surface area contributed by atoms with Gasteiger partial charge in [-0.05, 0) is 51.0 Å². The molecule has 0 spiro atoms. The van der Waals surface area contributed by atoms with Crippen LogP contribution < -0.4 is 0 Å². The summed E-state index contributed by atoms with van der Waals surface area (Å²) in [6, 6.07) is 12.5. The molecule has 0 radical (unpaired) electrons. The quantitative estimate of drug-likeness (QED) is 0.686. The van der Waals surface area contributed by atoms with Crippen LogP contribution in [0.5, 0.6) is 0 Å². The van der Waals surface area contributed by atoms with Crippen molar-refractivity contribution in [1.82, 2.24) is 4.31 Å². The highest BCUT2D eigenvalue weighted by molar-refractivity contribution is 7.89. The van der Waals surface area contributed by atoms with Gasteiger partial charge in [0.25, 0.3) is 10.1 Å². The standard InChI is InChI=1S/C19H23NO5S2/c1-15-5-9-18(10-6-15)26(21,22)20-13-3-4-17(20)14-25-27(23,24)19-11-7-16(2)8-12-19/h5-12,17H,3-4,13-14H2,1-2H3/t17-/m1/s1. The lowest BCUT2D eigenvalue weighted by molar-refractivity contribution is 0.237. The number of sulfonamides is 1. The first kappa shape index (κ1) is 20.0. The average Bonchev–Trinajstić information content (AvgIpc) is 3.10. The third-order valence-corrected chi connectivity index (χ3v) is 7.94. The second-order valence-electron chi connectivity index (χ2n) is 6.78. The zero-order valence-corrected chi connectivity index (χ0v) is 17.0. The van der Waals surface area contributed by atoms with Gasteiger partial charge >= 0.3 is 0 Å². The fourth-order valence-corrected chi connectivity index (χ4v) is 5.70. The molecular weight excluding hydrogens is 386 g/mol. The van der Waals surface area contributed by atoms with E-state index in [0.717, 1.165) is 11.1 Å². The first-order valence-corrected chi connectivity index (χ1v) is 11.6. The minimum Gasteiger partial charge on any atom is -0.265 e. The molecule has 3 rings (SSSR count). The third kappa shape index (κ3) is 4.40. The van der Waals surface area contributed by atoms with Crippen molar-refractivity contribution in [2.75, 3.05) is 13.2 Å². The SMILES string of the molecule is Cc1ccc(S(=O)(=O)OC[C@H]2CCCN2S(=O)(=O)c2ccc(C)cc2)cc1. The van der Waals surface area contributed by atoms with Gasteiger partial charge in [-0.3, -0.25) is 4.18 Å². The molecule has 146 valence electrons. The van der Waals surface area contributed by atoms with E-state index in [0.29, 0.717) is 19.4 Å². The Bertz CT molecular complexity index is 997. The zero-order valence-electron chi connectivity index (χ0n) is 15.3. The van der Waals surface area contributed by atoms with Crippen LogP contribution in [0.2, 0.25) is 0 Å². The summed E-state index contributed by atoms with van der Waals surface area (Å²) < 4.78 is 57.1. The summed E-state index contributed by atoms with van der Waals surface area (Å²) in [4.78, 5) is 0.278. The maximum Gasteiger partial charge on any atom is 0.297 e. The molecule has 0 aliphatic carbocycles. The van der Waals surface area contributed by atoms with Crippen LogP contribution >= 0.6 is 0 Å². The van der Waals surface area contributed by atoms with E-state index in [4.69, 9.17) is 4.18 Å². The highest BCUT2D eigenvalue weighted by Crippen LogP contribution is 2.27. The summed E-state index contributed by atoms with van der Waals surface area (Å²) in [5, 5.41) is 0. The Balaban J connectivity index is 1.75. The highest BCUT2D eigenvalue weighted by Gasteiger charge is 2.36. The van der Waals surface area contributed by atoms with Crippen molar-refractivity contribution in [3.63, 3.8) is 0 Å². The summed E-state index contributed by atoms with van der Waals surface area (Å²) in [6.07, 6.45) is 1.23. The minimum atomic E-state index is -3.93. The van der Waals surface area contributed by atoms with Crippen molar-refractivity contribution >= 4 is 20.1 Å². The van der Waals surface area contributed by atoms with Crippen molar-refractivity contribution in [1.29, 1.82) is 0 Å². The molecule has 0 aromatic heterocycles. The van der Waals surface area contributed by atoms with Gasteiger partial charge in [-0.15, -0.1) is 0 Å². The molecule has 0 N–H and O–H groups in total. The van der Waals surface area contributed by atoms with Gasteiger partial charge in [0, 0.05) is 6.54 Å². The Morgan fingerprint density at radius 1 is 0.889 bits per heavy atom. The summed E-state index contributed by atoms with van der Waals surface area (Å²) in [5.41, 5.74) is 1.92. The van der Waals surface area contributed by atoms with Crippen LogP contribution in [-0.4, -0.2) is 40.3 Å². The second-order valence-corrected chi connectivity index (χ2v) is 10.3. The van der Waals surface area contributed by atoms with Gasteiger partial charge < -0.3 is 0 Å². The van der Waals surface area contributed by atoms with Gasteiger partial charge in [0.2, 0.25) is 10.0 Å². The molecule has 0 saturated carbocycles. The lowest BCUT2D eigenvalue weighted by Gasteiger charge is -2.24. The largest absolute Gasteiger partial charge is 0.297 e. The van der Waals surface area contributed by atoms with Crippen LogP contribution in [0.15, 0.2) is 58.3 Å². The predicted octanol–water partition coefficient (Wildman–Crippen LogP) is 2.86. The molecule has 0 amide bonds. The molecular formula is C19H23NO5S2. The Hall–Kier alpha value is -1.74. The van der Waals surface area contributed by atoms with E-state index in [9.17, 15) is 16.8 Å². The highest BCUT2D eigenvalue weighted by atomic mass is 32.2. The summed E-state index contributed by atoms with van der Waals surface area (Å²) >= 11 is 0. The second kappa shape index (κ2) is 7.71. The summed E-state index contributed by atoms with van der Waals surface area (Å²) in [6.45, 7) is 3.92. The number of hydrogen-bond donors (Lipinski definition) is 0. The Morgan fingerprint density at radius 2 is 1.41 bits per heavy atom. The van der Waals surface area contributed by atoms with Gasteiger partial charge in [0.05, 0.1) is 22.4 Å². The van der Waals surface area contributed by atoms with Crippen molar-refractivity contribution in [2.45, 2.75) is 42.5 Å². The van der Waals surface area contributed by atoms with E-state index < -0.39 is 26.2 Å². The normalized spacial score (nSPS) is 18.7. The van der Waals surface area contributed by atoms with Crippen LogP contribution in [0, 0.1) is 13.8 Å². The lowest BCUT2D eigenvalue weighted by Crippen LogP contribution is -2.38. The smallest absolute Gasteiger partial charge is 0.265 e. The molecule has 1 fully saturated rings. The molecule has 1 aliphatic rings. The van der Waals surface area contributed by atoms with Crippen LogP contribution in [0.25, 0.3) is 0 Å². The lowest BCUT2D eigenvalue weighted by atomic mass is 10.2. The average molecular weight is 410 g/mol. The van der Waals surface area contributed by atoms with Gasteiger partial charge in [0.15, 0.2) is 0 Å². The molecule has 1 aliphatic heterocycles. The van der Waals surface area contributed by atoms with Crippen molar-refractivity contribution in [3.05, 3.63) is 59.7 Å². The molecule has 8 heteroatoms. The number of hydrogen-bond acceptors (Lipinski definition) is 5. The Labute approximate surface area is 161 Å². The first-order chi connectivity index (χ1) is 12.7. The Morgan fingerprint density at radius 3 is 1.96 bits per heavy atom. The zero-order chi connectivity index (χ0) is 19.7. The van der Waals surface area contributed by atoms with Crippen molar-refractivity contribution < 1.29 is 21.0 Å². The number of benzene rings is 2. The summed E-state index contributed by atoms with van der Waals surface area (Å²) in [5.74, 6) is 0. The van der Waals surface area contributed by atoms with Crippen molar-refractivity contribution in [3.8, 4) is 0 Å². The number of aryl methyl sites for hydroxylation is 2. The van der Waals surface area contributed by atoms with Gasteiger partial charge in [-0.1, -0.05) is 35.4 Å². The van der Waals surface area contributed by atoms with Crippen molar-refractivity contribution in [2.24, 2.45) is 0 Å². The fraction of sp³-hybridized carbons (Fsp3) is 0.368. The van der Waals surface area contributed by atoms with E-state index in [1.807, 2.05) is 13.8 Å². The Kier molecular flexibility index (Phi) is 5.71. The van der Waals surface area contributed by atoms with Crippen LogP contribution in [0.3, 0.4) is 0 Å². The van der Waals surface area contributed by atoms with E-state index in [1.165, 1.54) is 16.4 Å². The molecule has 2 aromatic carbocycles. The molecule has 0 unspecified atom stereocenters. The maximum atomic E-state index is 12.9. The van der Waals surface area contributed by atoms with E-state index in [1.54, 1.807) is 36.4 Å². The predicted molar refractivity (Wildman–Crippen MR) is 102 cm³/mol. The van der Waals surface area contributed by atoms with Crippen LogP contribution in [0.1, 0.15) is 24.0 Å². The molecule has 6 nitrogen and oxygen atoms in total. The summed E-state index contributed by atoms with van der Waals surface area (Å²) in [7, 11) is -7.61. The number of nitrogens with zero attached hydrogens (tertiary/aromatic N) is 1.